The molecule has 0 saturated carbocycles. The van der Waals surface area contributed by atoms with Gasteiger partial charge < -0.3 is 20.0 Å². The third-order valence-electron chi connectivity index (χ3n) is 4.87. The van der Waals surface area contributed by atoms with E-state index in [1.807, 2.05) is 43.3 Å². The second-order valence-electron chi connectivity index (χ2n) is 7.44. The van der Waals surface area contributed by atoms with Crippen molar-refractivity contribution in [2.75, 3.05) is 56.6 Å². The molecule has 1 N–H and O–H groups in total. The lowest BCUT2D eigenvalue weighted by molar-refractivity contribution is -0.123. The number of likely N-dealkylation sites (N-methyl/N-ethyl adjacent to an activating group) is 1. The summed E-state index contributed by atoms with van der Waals surface area (Å²) in [6.45, 7) is 7.33. The number of hydrogen-bond acceptors (Lipinski definition) is 4. The first-order valence-corrected chi connectivity index (χ1v) is 9.41. The van der Waals surface area contributed by atoms with E-state index >= 15 is 0 Å². The molecule has 1 aliphatic rings. The normalized spacial score (nSPS) is 15.2. The summed E-state index contributed by atoms with van der Waals surface area (Å²) in [6.07, 6.45) is 2.43. The Morgan fingerprint density at radius 3 is 2.31 bits per heavy atom. The summed E-state index contributed by atoms with van der Waals surface area (Å²) in [5.41, 5.74) is 1.94. The lowest BCUT2D eigenvalue weighted by Gasteiger charge is -2.32. The van der Waals surface area contributed by atoms with Gasteiger partial charge in [0.2, 0.25) is 11.8 Å². The molecule has 1 fully saturated rings. The maximum absolute atomic E-state index is 12.1. The third kappa shape index (κ3) is 6.02. The molecule has 1 aliphatic heterocycles. The Labute approximate surface area is 157 Å². The summed E-state index contributed by atoms with van der Waals surface area (Å²) in [5.74, 6) is 0.521. The smallest absolute Gasteiger partial charge is 0.240 e. The Kier molecular flexibility index (Phi) is 7.45. The van der Waals surface area contributed by atoms with E-state index in [0.717, 1.165) is 31.2 Å². The fourth-order valence-corrected chi connectivity index (χ4v) is 3.11. The van der Waals surface area contributed by atoms with Crippen molar-refractivity contribution in [3.63, 3.8) is 0 Å². The van der Waals surface area contributed by atoms with E-state index in [9.17, 15) is 9.59 Å². The molecule has 2 amide bonds. The van der Waals surface area contributed by atoms with Crippen LogP contribution in [0.25, 0.3) is 0 Å². The molecule has 0 radical (unpaired) electrons. The highest BCUT2D eigenvalue weighted by Gasteiger charge is 2.18. The van der Waals surface area contributed by atoms with Crippen molar-refractivity contribution in [1.29, 1.82) is 0 Å². The van der Waals surface area contributed by atoms with Crippen LogP contribution in [0.4, 0.5) is 11.4 Å². The molecule has 6 nitrogen and oxygen atoms in total. The molecule has 6 heteroatoms. The van der Waals surface area contributed by atoms with Crippen LogP contribution in [0, 0.1) is 5.92 Å². The molecule has 1 heterocycles. The van der Waals surface area contributed by atoms with Crippen LogP contribution in [-0.2, 0) is 9.59 Å². The molecule has 1 aromatic carbocycles. The van der Waals surface area contributed by atoms with Crippen LogP contribution in [0.2, 0.25) is 0 Å². The largest absolute Gasteiger partial charge is 0.372 e. The molecular formula is C20H32N4O2. The van der Waals surface area contributed by atoms with E-state index in [1.165, 1.54) is 30.4 Å². The van der Waals surface area contributed by atoms with Crippen molar-refractivity contribution >= 4 is 23.2 Å². The first-order valence-electron chi connectivity index (χ1n) is 9.41. The SMILES string of the molecule is CC(=O)N(CC(=O)NCCN(C)C)c1ccc(N2CCC(C)CC2)cc1. The molecule has 0 spiro atoms. The molecule has 2 rings (SSSR count). The van der Waals surface area contributed by atoms with Crippen molar-refractivity contribution in [2.45, 2.75) is 26.7 Å². The summed E-state index contributed by atoms with van der Waals surface area (Å²) < 4.78 is 0. The van der Waals surface area contributed by atoms with Gasteiger partial charge >= 0.3 is 0 Å². The Bertz CT molecular complexity index is 592. The Balaban J connectivity index is 1.96. The molecule has 0 atom stereocenters. The van der Waals surface area contributed by atoms with Gasteiger partial charge in [0.1, 0.15) is 6.54 Å². The van der Waals surface area contributed by atoms with Gasteiger partial charge in [0.15, 0.2) is 0 Å². The predicted molar refractivity (Wildman–Crippen MR) is 107 cm³/mol. The zero-order valence-electron chi connectivity index (χ0n) is 16.5. The second kappa shape index (κ2) is 9.57. The highest BCUT2D eigenvalue weighted by atomic mass is 16.2. The van der Waals surface area contributed by atoms with Crippen molar-refractivity contribution in [3.05, 3.63) is 24.3 Å². The van der Waals surface area contributed by atoms with Gasteiger partial charge in [0.05, 0.1) is 0 Å². The predicted octanol–water partition coefficient (Wildman–Crippen LogP) is 1.95. The number of piperidine rings is 1. The molecule has 0 aromatic heterocycles. The summed E-state index contributed by atoms with van der Waals surface area (Å²) >= 11 is 0. The molecule has 1 saturated heterocycles. The highest BCUT2D eigenvalue weighted by molar-refractivity contribution is 5.97. The molecule has 26 heavy (non-hydrogen) atoms. The maximum Gasteiger partial charge on any atom is 0.240 e. The number of hydrogen-bond donors (Lipinski definition) is 1. The van der Waals surface area contributed by atoms with Crippen LogP contribution < -0.4 is 15.1 Å². The van der Waals surface area contributed by atoms with Gasteiger partial charge in [0, 0.05) is 44.5 Å². The minimum atomic E-state index is -0.142. The van der Waals surface area contributed by atoms with E-state index in [0.29, 0.717) is 6.54 Å². The van der Waals surface area contributed by atoms with Crippen LogP contribution >= 0.6 is 0 Å². The molecule has 144 valence electrons. The molecule has 0 unspecified atom stereocenters. The summed E-state index contributed by atoms with van der Waals surface area (Å²) in [4.78, 5) is 30.0. The van der Waals surface area contributed by atoms with Crippen molar-refractivity contribution in [1.82, 2.24) is 10.2 Å². The minimum Gasteiger partial charge on any atom is -0.372 e. The zero-order valence-corrected chi connectivity index (χ0v) is 16.5. The first kappa shape index (κ1) is 20.2. The van der Waals surface area contributed by atoms with Crippen molar-refractivity contribution in [2.24, 2.45) is 5.92 Å². The highest BCUT2D eigenvalue weighted by Crippen LogP contribution is 2.25. The van der Waals surface area contributed by atoms with Gasteiger partial charge in [-0.05, 0) is 57.1 Å². The van der Waals surface area contributed by atoms with Crippen LogP contribution in [0.1, 0.15) is 26.7 Å². The van der Waals surface area contributed by atoms with Crippen molar-refractivity contribution < 1.29 is 9.59 Å². The number of nitrogens with one attached hydrogen (secondary N) is 1. The third-order valence-corrected chi connectivity index (χ3v) is 4.87. The standard InChI is InChI=1S/C20H32N4O2/c1-16-9-12-23(13-10-16)18-5-7-19(8-6-18)24(17(2)25)15-20(26)21-11-14-22(3)4/h5-8,16H,9-15H2,1-4H3,(H,21,26). The quantitative estimate of drug-likeness (QED) is 0.808. The number of anilines is 2. The molecule has 1 aromatic rings. The number of nitrogens with zero attached hydrogens (tertiary/aromatic N) is 3. The zero-order chi connectivity index (χ0) is 19.1. The fourth-order valence-electron chi connectivity index (χ4n) is 3.11. The number of benzene rings is 1. The van der Waals surface area contributed by atoms with E-state index < -0.39 is 0 Å². The Hall–Kier alpha value is -2.08. The maximum atomic E-state index is 12.1. The lowest BCUT2D eigenvalue weighted by atomic mass is 9.99. The summed E-state index contributed by atoms with van der Waals surface area (Å²) in [7, 11) is 3.91. The van der Waals surface area contributed by atoms with Crippen LogP contribution in [-0.4, -0.2) is 63.5 Å². The molecular weight excluding hydrogens is 328 g/mol. The van der Waals surface area contributed by atoms with Crippen LogP contribution in [0.15, 0.2) is 24.3 Å². The first-order chi connectivity index (χ1) is 12.4. The topological polar surface area (TPSA) is 55.9 Å². The van der Waals surface area contributed by atoms with Gasteiger partial charge in [-0.1, -0.05) is 6.92 Å². The summed E-state index contributed by atoms with van der Waals surface area (Å²) in [6, 6.07) is 7.96. The molecule has 0 bridgehead atoms. The minimum absolute atomic E-state index is 0.0450. The fraction of sp³-hybridized carbons (Fsp3) is 0.600. The van der Waals surface area contributed by atoms with Gasteiger partial charge in [-0.2, -0.15) is 0 Å². The van der Waals surface area contributed by atoms with Gasteiger partial charge in [-0.15, -0.1) is 0 Å². The summed E-state index contributed by atoms with van der Waals surface area (Å²) in [5, 5.41) is 2.85. The Morgan fingerprint density at radius 2 is 1.77 bits per heavy atom. The molecule has 0 aliphatic carbocycles. The monoisotopic (exact) mass is 360 g/mol. The number of amides is 2. The van der Waals surface area contributed by atoms with Gasteiger partial charge in [-0.3, -0.25) is 9.59 Å². The average molecular weight is 361 g/mol. The number of carbonyl (C=O) groups is 2. The van der Waals surface area contributed by atoms with Crippen LogP contribution in [0.5, 0.6) is 0 Å². The van der Waals surface area contributed by atoms with E-state index in [2.05, 4.69) is 17.1 Å². The van der Waals surface area contributed by atoms with Crippen molar-refractivity contribution in [3.8, 4) is 0 Å². The van der Waals surface area contributed by atoms with E-state index in [1.54, 1.807) is 0 Å². The van der Waals surface area contributed by atoms with Crippen LogP contribution in [0.3, 0.4) is 0 Å². The lowest BCUT2D eigenvalue weighted by Crippen LogP contribution is -2.41. The number of rotatable bonds is 7. The number of carbonyl (C=O) groups excluding carboxylic acids is 2. The van der Waals surface area contributed by atoms with E-state index in [4.69, 9.17) is 0 Å². The van der Waals surface area contributed by atoms with E-state index in [-0.39, 0.29) is 18.4 Å². The average Bonchev–Trinajstić information content (AvgIpc) is 2.60. The second-order valence-corrected chi connectivity index (χ2v) is 7.44. The van der Waals surface area contributed by atoms with Gasteiger partial charge in [0.25, 0.3) is 0 Å². The van der Waals surface area contributed by atoms with Gasteiger partial charge in [-0.25, -0.2) is 0 Å². The Morgan fingerprint density at radius 1 is 1.15 bits per heavy atom.